The van der Waals surface area contributed by atoms with E-state index in [1.54, 1.807) is 0 Å². The van der Waals surface area contributed by atoms with Gasteiger partial charge in [0.05, 0.1) is 0 Å². The molecule has 1 unspecified atom stereocenters. The molecule has 0 heterocycles. The summed E-state index contributed by atoms with van der Waals surface area (Å²) >= 11 is 2.42. The van der Waals surface area contributed by atoms with Gasteiger partial charge in [0.2, 0.25) is 0 Å². The Bertz CT molecular complexity index is 1040. The Balaban J connectivity index is 1.60. The average molecular weight is 448 g/mol. The van der Waals surface area contributed by atoms with Crippen molar-refractivity contribution in [1.29, 1.82) is 0 Å². The third-order valence-corrected chi connectivity index (χ3v) is 6.73. The van der Waals surface area contributed by atoms with Crippen LogP contribution in [0.1, 0.15) is 37.0 Å². The summed E-state index contributed by atoms with van der Waals surface area (Å²) in [7, 11) is 0. The van der Waals surface area contributed by atoms with Crippen LogP contribution in [0.5, 0.6) is 0 Å². The third-order valence-electron chi connectivity index (χ3n) is 6.06. The highest BCUT2D eigenvalue weighted by atomic mass is 127. The van der Waals surface area contributed by atoms with Crippen LogP contribution in [0.15, 0.2) is 78.4 Å². The molecule has 1 atom stereocenters. The normalized spacial score (nSPS) is 21.6. The number of hydrogen-bond donors (Lipinski definition) is 0. The van der Waals surface area contributed by atoms with E-state index < -0.39 is 0 Å². The molecule has 2 aromatic rings. The number of hydrogen-bond acceptors (Lipinski definition) is 0. The van der Waals surface area contributed by atoms with Gasteiger partial charge in [-0.25, -0.2) is 0 Å². The minimum Gasteiger partial charge on any atom is -0.0767 e. The molecule has 0 aromatic heterocycles. The fourth-order valence-corrected chi connectivity index (χ4v) is 5.04. The molecule has 3 aliphatic carbocycles. The van der Waals surface area contributed by atoms with Gasteiger partial charge in [0.1, 0.15) is 0 Å². The summed E-state index contributed by atoms with van der Waals surface area (Å²) < 4.78 is 1.31. The SMILES string of the molecule is CC1(C)c2cc(I)ccc2-c2ccc(C3=CCC4C=CC=CC4=C3)cc21. The zero-order chi connectivity index (χ0) is 17.9. The second kappa shape index (κ2) is 5.82. The second-order valence-electron chi connectivity index (χ2n) is 7.97. The highest BCUT2D eigenvalue weighted by molar-refractivity contribution is 14.1. The van der Waals surface area contributed by atoms with Gasteiger partial charge in [-0.05, 0) is 86.2 Å². The topological polar surface area (TPSA) is 0 Å². The van der Waals surface area contributed by atoms with Crippen LogP contribution in [0, 0.1) is 9.49 Å². The minimum absolute atomic E-state index is 0.0558. The Morgan fingerprint density at radius 1 is 0.962 bits per heavy atom. The summed E-state index contributed by atoms with van der Waals surface area (Å²) in [5.41, 5.74) is 9.89. The van der Waals surface area contributed by atoms with E-state index in [0.717, 1.165) is 6.42 Å². The quantitative estimate of drug-likeness (QED) is 0.410. The smallest absolute Gasteiger partial charge is 0.0159 e. The fraction of sp³-hybridized carbons (Fsp3) is 0.200. The molecule has 0 fully saturated rings. The van der Waals surface area contributed by atoms with Crippen LogP contribution < -0.4 is 0 Å². The van der Waals surface area contributed by atoms with Crippen molar-refractivity contribution >= 4 is 28.2 Å². The summed E-state index contributed by atoms with van der Waals surface area (Å²) in [6, 6.07) is 13.9. The zero-order valence-electron chi connectivity index (χ0n) is 15.1. The Kier molecular flexibility index (Phi) is 3.65. The zero-order valence-corrected chi connectivity index (χ0v) is 17.2. The molecule has 0 radical (unpaired) electrons. The van der Waals surface area contributed by atoms with Gasteiger partial charge in [0.25, 0.3) is 0 Å². The van der Waals surface area contributed by atoms with Gasteiger partial charge in [-0.2, -0.15) is 0 Å². The van der Waals surface area contributed by atoms with E-state index in [-0.39, 0.29) is 5.41 Å². The molecular weight excluding hydrogens is 427 g/mol. The van der Waals surface area contributed by atoms with Crippen LogP contribution in [-0.4, -0.2) is 0 Å². The van der Waals surface area contributed by atoms with E-state index in [9.17, 15) is 0 Å². The van der Waals surface area contributed by atoms with Crippen molar-refractivity contribution in [3.05, 3.63) is 98.7 Å². The van der Waals surface area contributed by atoms with Crippen molar-refractivity contribution in [2.24, 2.45) is 5.92 Å². The lowest BCUT2D eigenvalue weighted by Crippen LogP contribution is -2.15. The van der Waals surface area contributed by atoms with E-state index in [1.807, 2.05) is 0 Å². The lowest BCUT2D eigenvalue weighted by molar-refractivity contribution is 0.659. The number of halogens is 1. The van der Waals surface area contributed by atoms with E-state index in [1.165, 1.54) is 42.5 Å². The maximum Gasteiger partial charge on any atom is 0.0159 e. The Hall–Kier alpha value is -1.87. The summed E-state index contributed by atoms with van der Waals surface area (Å²) in [6.07, 6.45) is 14.7. The highest BCUT2D eigenvalue weighted by Crippen LogP contribution is 2.49. The number of allylic oxidation sites excluding steroid dienone is 8. The lowest BCUT2D eigenvalue weighted by atomic mass is 9.80. The molecule has 1 heteroatoms. The van der Waals surface area contributed by atoms with Crippen molar-refractivity contribution in [3.63, 3.8) is 0 Å². The summed E-state index contributed by atoms with van der Waals surface area (Å²) in [4.78, 5) is 0. The van der Waals surface area contributed by atoms with E-state index in [4.69, 9.17) is 0 Å². The van der Waals surface area contributed by atoms with Gasteiger partial charge >= 0.3 is 0 Å². The lowest BCUT2D eigenvalue weighted by Gasteiger charge is -2.24. The Morgan fingerprint density at radius 3 is 2.58 bits per heavy atom. The number of fused-ring (bicyclic) bond motifs is 4. The number of benzene rings is 2. The molecule has 0 amide bonds. The Morgan fingerprint density at radius 2 is 1.73 bits per heavy atom. The van der Waals surface area contributed by atoms with Crippen LogP contribution in [0.25, 0.3) is 16.7 Å². The third kappa shape index (κ3) is 2.40. The van der Waals surface area contributed by atoms with Crippen LogP contribution >= 0.6 is 22.6 Å². The van der Waals surface area contributed by atoms with Gasteiger partial charge in [-0.1, -0.05) is 68.5 Å². The first kappa shape index (κ1) is 16.3. The second-order valence-corrected chi connectivity index (χ2v) is 9.21. The van der Waals surface area contributed by atoms with E-state index >= 15 is 0 Å². The van der Waals surface area contributed by atoms with Gasteiger partial charge in [-0.15, -0.1) is 0 Å². The van der Waals surface area contributed by atoms with E-state index in [2.05, 4.69) is 109 Å². The van der Waals surface area contributed by atoms with Gasteiger partial charge in [-0.3, -0.25) is 0 Å². The van der Waals surface area contributed by atoms with Crippen LogP contribution in [0.2, 0.25) is 0 Å². The maximum absolute atomic E-state index is 2.42. The molecule has 5 rings (SSSR count). The van der Waals surface area contributed by atoms with Crippen molar-refractivity contribution in [1.82, 2.24) is 0 Å². The van der Waals surface area contributed by atoms with Gasteiger partial charge in [0.15, 0.2) is 0 Å². The van der Waals surface area contributed by atoms with Crippen LogP contribution in [0.4, 0.5) is 0 Å². The first-order valence-electron chi connectivity index (χ1n) is 9.26. The first-order valence-corrected chi connectivity index (χ1v) is 10.3. The summed E-state index contributed by atoms with van der Waals surface area (Å²) in [5, 5.41) is 0. The molecule has 0 bridgehead atoms. The predicted molar refractivity (Wildman–Crippen MR) is 119 cm³/mol. The maximum atomic E-state index is 2.42. The number of rotatable bonds is 1. The summed E-state index contributed by atoms with van der Waals surface area (Å²) in [6.45, 7) is 4.71. The molecule has 128 valence electrons. The van der Waals surface area contributed by atoms with Crippen molar-refractivity contribution < 1.29 is 0 Å². The van der Waals surface area contributed by atoms with Gasteiger partial charge in [0, 0.05) is 14.9 Å². The summed E-state index contributed by atoms with van der Waals surface area (Å²) in [5.74, 6) is 0.556. The molecule has 0 saturated heterocycles. The molecule has 0 spiro atoms. The van der Waals surface area contributed by atoms with E-state index in [0.29, 0.717) is 5.92 Å². The molecule has 0 nitrogen and oxygen atoms in total. The van der Waals surface area contributed by atoms with Crippen molar-refractivity contribution in [2.75, 3.05) is 0 Å². The molecular formula is C25H21I. The standard InChI is InChI=1S/C25H21I/c1-25(2)23-14-19(18-8-7-16-5-3-4-6-17(16)13-18)9-11-21(23)22-12-10-20(26)15-24(22)25/h3-6,8-16H,7H2,1-2H3. The molecule has 0 saturated carbocycles. The van der Waals surface area contributed by atoms with Gasteiger partial charge < -0.3 is 0 Å². The minimum atomic E-state index is 0.0558. The Labute approximate surface area is 169 Å². The molecule has 3 aliphatic rings. The fourth-order valence-electron chi connectivity index (χ4n) is 4.55. The van der Waals surface area contributed by atoms with Crippen molar-refractivity contribution in [3.8, 4) is 11.1 Å². The molecule has 2 aromatic carbocycles. The van der Waals surface area contributed by atoms with Crippen LogP contribution in [0.3, 0.4) is 0 Å². The molecule has 0 aliphatic heterocycles. The highest BCUT2D eigenvalue weighted by Gasteiger charge is 2.35. The molecule has 0 N–H and O–H groups in total. The largest absolute Gasteiger partial charge is 0.0767 e. The first-order chi connectivity index (χ1) is 12.5. The monoisotopic (exact) mass is 448 g/mol. The predicted octanol–water partition coefficient (Wildman–Crippen LogP) is 7.05. The van der Waals surface area contributed by atoms with Crippen molar-refractivity contribution in [2.45, 2.75) is 25.7 Å². The van der Waals surface area contributed by atoms with Crippen LogP contribution in [-0.2, 0) is 5.41 Å². The molecule has 26 heavy (non-hydrogen) atoms. The average Bonchev–Trinajstić information content (AvgIpc) is 2.88.